The normalized spacial score (nSPS) is 23.7. The van der Waals surface area contributed by atoms with Crippen LogP contribution >= 0.6 is 0 Å². The predicted octanol–water partition coefficient (Wildman–Crippen LogP) is 2.82. The Morgan fingerprint density at radius 1 is 1.38 bits per heavy atom. The Bertz CT molecular complexity index is 592. The molecule has 0 spiro atoms. The van der Waals surface area contributed by atoms with Crippen LogP contribution in [0.15, 0.2) is 18.2 Å². The highest BCUT2D eigenvalue weighted by Gasteiger charge is 2.39. The standard InChI is InChI=1S/C17H21NO3/c1-17(2)7-3-4-13(17)15(19)11-5-6-14-12(10-11)16(20)18-8-9-21-14/h5-6,10,13H,3-4,7-9H2,1-2H3,(H,18,20). The van der Waals surface area contributed by atoms with E-state index in [1.54, 1.807) is 18.2 Å². The van der Waals surface area contributed by atoms with Gasteiger partial charge in [-0.25, -0.2) is 0 Å². The van der Waals surface area contributed by atoms with Gasteiger partial charge in [0.15, 0.2) is 5.78 Å². The molecule has 1 saturated carbocycles. The molecule has 1 heterocycles. The lowest BCUT2D eigenvalue weighted by molar-refractivity contribution is 0.0839. The SMILES string of the molecule is CC1(C)CCCC1C(=O)c1ccc2c(c1)C(=O)NCCO2. The summed E-state index contributed by atoms with van der Waals surface area (Å²) >= 11 is 0. The van der Waals surface area contributed by atoms with Gasteiger partial charge in [-0.1, -0.05) is 20.3 Å². The minimum Gasteiger partial charge on any atom is -0.491 e. The molecule has 0 aromatic heterocycles. The Morgan fingerprint density at radius 2 is 2.19 bits per heavy atom. The fourth-order valence-corrected chi connectivity index (χ4v) is 3.42. The van der Waals surface area contributed by atoms with Gasteiger partial charge in [-0.3, -0.25) is 9.59 Å². The van der Waals surface area contributed by atoms with E-state index < -0.39 is 0 Å². The average Bonchev–Trinajstić information content (AvgIpc) is 2.70. The van der Waals surface area contributed by atoms with E-state index in [2.05, 4.69) is 19.2 Å². The molecule has 4 heteroatoms. The van der Waals surface area contributed by atoms with Crippen molar-refractivity contribution in [1.29, 1.82) is 0 Å². The minimum absolute atomic E-state index is 0.0443. The van der Waals surface area contributed by atoms with Gasteiger partial charge in [0, 0.05) is 11.5 Å². The summed E-state index contributed by atoms with van der Waals surface area (Å²) < 4.78 is 5.53. The van der Waals surface area contributed by atoms with Gasteiger partial charge in [0.25, 0.3) is 5.91 Å². The Hall–Kier alpha value is -1.84. The lowest BCUT2D eigenvalue weighted by atomic mass is 9.77. The molecule has 4 nitrogen and oxygen atoms in total. The molecule has 1 aliphatic heterocycles. The van der Waals surface area contributed by atoms with E-state index in [0.29, 0.717) is 30.0 Å². The Kier molecular flexibility index (Phi) is 3.47. The number of carbonyl (C=O) groups excluding carboxylic acids is 2. The fraction of sp³-hybridized carbons (Fsp3) is 0.529. The number of hydrogen-bond acceptors (Lipinski definition) is 3. The maximum Gasteiger partial charge on any atom is 0.255 e. The van der Waals surface area contributed by atoms with Crippen molar-refractivity contribution in [3.63, 3.8) is 0 Å². The van der Waals surface area contributed by atoms with Crippen LogP contribution in [0.1, 0.15) is 53.8 Å². The van der Waals surface area contributed by atoms with E-state index in [1.807, 2.05) is 0 Å². The zero-order valence-corrected chi connectivity index (χ0v) is 12.6. The summed E-state index contributed by atoms with van der Waals surface area (Å²) in [7, 11) is 0. The second-order valence-corrected chi connectivity index (χ2v) is 6.61. The predicted molar refractivity (Wildman–Crippen MR) is 79.7 cm³/mol. The lowest BCUT2D eigenvalue weighted by Gasteiger charge is -2.25. The van der Waals surface area contributed by atoms with Crippen molar-refractivity contribution in [3.05, 3.63) is 29.3 Å². The molecule has 112 valence electrons. The third-order valence-electron chi connectivity index (χ3n) is 4.73. The number of carbonyl (C=O) groups is 2. The van der Waals surface area contributed by atoms with E-state index in [0.717, 1.165) is 19.3 Å². The number of rotatable bonds is 2. The Morgan fingerprint density at radius 3 is 2.90 bits per heavy atom. The number of ether oxygens (including phenoxy) is 1. The van der Waals surface area contributed by atoms with Crippen molar-refractivity contribution < 1.29 is 14.3 Å². The molecule has 0 bridgehead atoms. The zero-order chi connectivity index (χ0) is 15.0. The van der Waals surface area contributed by atoms with Gasteiger partial charge in [0.2, 0.25) is 0 Å². The quantitative estimate of drug-likeness (QED) is 0.851. The van der Waals surface area contributed by atoms with Gasteiger partial charge in [-0.05, 0) is 36.5 Å². The summed E-state index contributed by atoms with van der Waals surface area (Å²) in [6, 6.07) is 5.22. The van der Waals surface area contributed by atoms with Crippen LogP contribution in [0, 0.1) is 11.3 Å². The first-order chi connectivity index (χ1) is 9.99. The number of ketones is 1. The van der Waals surface area contributed by atoms with Crippen LogP contribution in [0.4, 0.5) is 0 Å². The first-order valence-electron chi connectivity index (χ1n) is 7.58. The number of benzene rings is 1. The molecular formula is C17H21NO3. The second kappa shape index (κ2) is 5.17. The third-order valence-corrected chi connectivity index (χ3v) is 4.73. The first-order valence-corrected chi connectivity index (χ1v) is 7.58. The van der Waals surface area contributed by atoms with Crippen LogP contribution in [-0.4, -0.2) is 24.8 Å². The van der Waals surface area contributed by atoms with Crippen molar-refractivity contribution in [2.75, 3.05) is 13.2 Å². The van der Waals surface area contributed by atoms with Gasteiger partial charge >= 0.3 is 0 Å². The molecule has 1 atom stereocenters. The summed E-state index contributed by atoms with van der Waals surface area (Å²) in [5, 5.41) is 2.78. The Balaban J connectivity index is 1.93. The molecule has 1 fully saturated rings. The lowest BCUT2D eigenvalue weighted by Crippen LogP contribution is -2.27. The Labute approximate surface area is 124 Å². The zero-order valence-electron chi connectivity index (χ0n) is 12.6. The van der Waals surface area contributed by atoms with E-state index in [-0.39, 0.29) is 23.0 Å². The maximum absolute atomic E-state index is 12.8. The molecule has 1 aromatic carbocycles. The van der Waals surface area contributed by atoms with Crippen molar-refractivity contribution in [2.45, 2.75) is 33.1 Å². The topological polar surface area (TPSA) is 55.4 Å². The van der Waals surface area contributed by atoms with Gasteiger partial charge in [-0.15, -0.1) is 0 Å². The first kappa shape index (κ1) is 14.1. The number of hydrogen-bond donors (Lipinski definition) is 1. The third kappa shape index (κ3) is 2.55. The molecule has 3 rings (SSSR count). The summed E-state index contributed by atoms with van der Waals surface area (Å²) in [5.41, 5.74) is 1.13. The number of fused-ring (bicyclic) bond motifs is 1. The molecule has 1 amide bonds. The van der Waals surface area contributed by atoms with Gasteiger partial charge in [0.05, 0.1) is 12.1 Å². The smallest absolute Gasteiger partial charge is 0.255 e. The van der Waals surface area contributed by atoms with E-state index >= 15 is 0 Å². The van der Waals surface area contributed by atoms with E-state index in [1.165, 1.54) is 0 Å². The fourth-order valence-electron chi connectivity index (χ4n) is 3.42. The average molecular weight is 287 g/mol. The highest BCUT2D eigenvalue weighted by Crippen LogP contribution is 2.44. The van der Waals surface area contributed by atoms with Gasteiger partial charge in [-0.2, -0.15) is 0 Å². The number of nitrogens with one attached hydrogen (secondary N) is 1. The highest BCUT2D eigenvalue weighted by atomic mass is 16.5. The molecule has 0 saturated heterocycles. The molecule has 1 aromatic rings. The molecule has 1 aliphatic carbocycles. The van der Waals surface area contributed by atoms with Crippen LogP contribution < -0.4 is 10.1 Å². The maximum atomic E-state index is 12.8. The van der Waals surface area contributed by atoms with Crippen LogP contribution in [0.3, 0.4) is 0 Å². The largest absolute Gasteiger partial charge is 0.491 e. The van der Waals surface area contributed by atoms with Crippen LogP contribution in [-0.2, 0) is 0 Å². The van der Waals surface area contributed by atoms with Crippen molar-refractivity contribution >= 4 is 11.7 Å². The van der Waals surface area contributed by atoms with Crippen molar-refractivity contribution in [1.82, 2.24) is 5.32 Å². The number of Topliss-reactive ketones (excluding diaryl/α,β-unsaturated/α-hetero) is 1. The van der Waals surface area contributed by atoms with Crippen molar-refractivity contribution in [2.24, 2.45) is 11.3 Å². The molecule has 1 N–H and O–H groups in total. The van der Waals surface area contributed by atoms with Gasteiger partial charge in [0.1, 0.15) is 12.4 Å². The van der Waals surface area contributed by atoms with E-state index in [4.69, 9.17) is 4.74 Å². The van der Waals surface area contributed by atoms with E-state index in [9.17, 15) is 9.59 Å². The molecule has 2 aliphatic rings. The number of amides is 1. The minimum atomic E-state index is -0.164. The highest BCUT2D eigenvalue weighted by molar-refractivity contribution is 6.03. The van der Waals surface area contributed by atoms with Crippen LogP contribution in [0.25, 0.3) is 0 Å². The molecule has 0 radical (unpaired) electrons. The summed E-state index contributed by atoms with van der Waals surface area (Å²) in [5.74, 6) is 0.595. The second-order valence-electron chi connectivity index (χ2n) is 6.61. The molecule has 1 unspecified atom stereocenters. The molecular weight excluding hydrogens is 266 g/mol. The van der Waals surface area contributed by atoms with Crippen molar-refractivity contribution in [3.8, 4) is 5.75 Å². The van der Waals surface area contributed by atoms with Crippen LogP contribution in [0.2, 0.25) is 0 Å². The monoisotopic (exact) mass is 287 g/mol. The summed E-state index contributed by atoms with van der Waals surface area (Å²) in [6.45, 7) is 5.26. The molecule has 21 heavy (non-hydrogen) atoms. The summed E-state index contributed by atoms with van der Waals surface area (Å²) in [6.07, 6.45) is 3.11. The van der Waals surface area contributed by atoms with Crippen LogP contribution in [0.5, 0.6) is 5.75 Å². The summed E-state index contributed by atoms with van der Waals surface area (Å²) in [4.78, 5) is 24.8. The van der Waals surface area contributed by atoms with Gasteiger partial charge < -0.3 is 10.1 Å².